The number of aliphatic hydroxyl groups excluding tert-OH is 1. The lowest BCUT2D eigenvalue weighted by atomic mass is 9.99. The first-order valence-corrected chi connectivity index (χ1v) is 10.1. The molecular weight excluding hydrogens is 417 g/mol. The number of aliphatic hydroxyl groups is 1. The summed E-state index contributed by atoms with van der Waals surface area (Å²) in [5.74, 6) is 0. The van der Waals surface area contributed by atoms with E-state index < -0.39 is 7.25 Å². The normalized spacial score (nSPS) is 10.9. The zero-order valence-corrected chi connectivity index (χ0v) is 17.2. The maximum Gasteiger partial charge on any atom is 0.673 e. The second-order valence-electron chi connectivity index (χ2n) is 6.98. The molecule has 7 heteroatoms. The minimum atomic E-state index is -6.00. The zero-order chi connectivity index (χ0) is 23.0. The zero-order valence-electron chi connectivity index (χ0n) is 17.2. The highest BCUT2D eigenvalue weighted by atomic mass is 19.5. The van der Waals surface area contributed by atoms with Crippen LogP contribution in [0.4, 0.5) is 17.3 Å². The first-order valence-electron chi connectivity index (χ1n) is 10.1. The molecule has 0 saturated heterocycles. The summed E-state index contributed by atoms with van der Waals surface area (Å²) in [5, 5.41) is 9.73. The molecule has 0 atom stereocenters. The van der Waals surface area contributed by atoms with Gasteiger partial charge in [0.2, 0.25) is 11.4 Å². The highest BCUT2D eigenvalue weighted by Gasteiger charge is 2.22. The largest absolute Gasteiger partial charge is 0.673 e. The lowest BCUT2D eigenvalue weighted by Crippen LogP contribution is -2.40. The first kappa shape index (κ1) is 23.2. The molecular formula is C25H22BF4NO. The van der Waals surface area contributed by atoms with Crippen molar-refractivity contribution in [3.8, 4) is 33.6 Å². The van der Waals surface area contributed by atoms with Crippen LogP contribution in [-0.2, 0) is 6.54 Å². The molecule has 0 aliphatic carbocycles. The molecule has 1 N–H and O–H groups in total. The third-order valence-electron chi connectivity index (χ3n) is 4.74. The van der Waals surface area contributed by atoms with E-state index in [1.54, 1.807) is 0 Å². The van der Waals surface area contributed by atoms with Crippen molar-refractivity contribution >= 4 is 7.25 Å². The number of nitrogens with zero attached hydrogens (tertiary/aromatic N) is 1. The van der Waals surface area contributed by atoms with Crippen molar-refractivity contribution in [3.05, 3.63) is 103 Å². The molecule has 4 aromatic rings. The predicted octanol–water partition coefficient (Wildman–Crippen LogP) is 6.27. The average molecular weight is 439 g/mol. The lowest BCUT2D eigenvalue weighted by Gasteiger charge is -2.12. The molecule has 0 radical (unpaired) electrons. The fraction of sp³-hybridized carbons (Fsp3) is 0.0800. The van der Waals surface area contributed by atoms with Crippen molar-refractivity contribution in [3.63, 3.8) is 0 Å². The summed E-state index contributed by atoms with van der Waals surface area (Å²) in [6.07, 6.45) is 0. The summed E-state index contributed by atoms with van der Waals surface area (Å²) in [6, 6.07) is 35.6. The van der Waals surface area contributed by atoms with E-state index in [-0.39, 0.29) is 6.61 Å². The molecule has 0 aliphatic rings. The van der Waals surface area contributed by atoms with Gasteiger partial charge in [-0.3, -0.25) is 0 Å². The number of pyridine rings is 1. The van der Waals surface area contributed by atoms with Crippen LogP contribution in [0.2, 0.25) is 0 Å². The van der Waals surface area contributed by atoms with Gasteiger partial charge >= 0.3 is 7.25 Å². The Morgan fingerprint density at radius 3 is 1.25 bits per heavy atom. The van der Waals surface area contributed by atoms with Gasteiger partial charge in [0.1, 0.15) is 6.61 Å². The van der Waals surface area contributed by atoms with E-state index in [4.69, 9.17) is 0 Å². The minimum Gasteiger partial charge on any atom is -0.418 e. The van der Waals surface area contributed by atoms with Gasteiger partial charge in [-0.25, -0.2) is 0 Å². The van der Waals surface area contributed by atoms with Crippen molar-refractivity contribution in [2.45, 2.75) is 6.54 Å². The summed E-state index contributed by atoms with van der Waals surface area (Å²) in [7, 11) is -6.00. The molecule has 32 heavy (non-hydrogen) atoms. The Kier molecular flexibility index (Phi) is 7.79. The molecule has 0 bridgehead atoms. The van der Waals surface area contributed by atoms with Gasteiger partial charge in [-0.15, -0.1) is 0 Å². The van der Waals surface area contributed by atoms with Crippen LogP contribution in [0.15, 0.2) is 103 Å². The summed E-state index contributed by atoms with van der Waals surface area (Å²) < 4.78 is 41.2. The van der Waals surface area contributed by atoms with Gasteiger partial charge in [0.15, 0.2) is 6.54 Å². The summed E-state index contributed by atoms with van der Waals surface area (Å²) in [6.45, 7) is 0.637. The smallest absolute Gasteiger partial charge is 0.418 e. The Morgan fingerprint density at radius 2 is 0.906 bits per heavy atom. The molecule has 0 unspecified atom stereocenters. The lowest BCUT2D eigenvalue weighted by molar-refractivity contribution is -0.676. The van der Waals surface area contributed by atoms with Gasteiger partial charge in [0.25, 0.3) is 0 Å². The Bertz CT molecular complexity index is 1050. The third kappa shape index (κ3) is 6.52. The number of halogens is 4. The van der Waals surface area contributed by atoms with Crippen LogP contribution in [0, 0.1) is 0 Å². The maximum absolute atomic E-state index is 9.75. The fourth-order valence-electron chi connectivity index (χ4n) is 3.46. The van der Waals surface area contributed by atoms with E-state index >= 15 is 0 Å². The molecule has 2 nitrogen and oxygen atoms in total. The predicted molar refractivity (Wildman–Crippen MR) is 120 cm³/mol. The van der Waals surface area contributed by atoms with E-state index in [1.807, 2.05) is 18.2 Å². The van der Waals surface area contributed by atoms with Crippen molar-refractivity contribution < 1.29 is 26.9 Å². The molecule has 1 heterocycles. The van der Waals surface area contributed by atoms with E-state index in [0.717, 1.165) is 22.5 Å². The second-order valence-corrected chi connectivity index (χ2v) is 6.98. The van der Waals surface area contributed by atoms with Crippen molar-refractivity contribution in [2.24, 2.45) is 0 Å². The summed E-state index contributed by atoms with van der Waals surface area (Å²) >= 11 is 0. The standard InChI is InChI=1S/C25H22NO.BF4/c27-17-16-26-24(21-12-6-2-7-13-21)18-23(20-10-4-1-5-11-20)19-25(26)22-14-8-3-9-15-22;2-1(3,4)5/h1-15,18-19,27H,16-17H2;/q+1;-1. The van der Waals surface area contributed by atoms with Crippen LogP contribution >= 0.6 is 0 Å². The van der Waals surface area contributed by atoms with Crippen LogP contribution in [0.25, 0.3) is 33.6 Å². The van der Waals surface area contributed by atoms with Crippen LogP contribution < -0.4 is 4.57 Å². The van der Waals surface area contributed by atoms with Crippen molar-refractivity contribution in [1.82, 2.24) is 0 Å². The Hall–Kier alpha value is -3.45. The van der Waals surface area contributed by atoms with Crippen molar-refractivity contribution in [2.75, 3.05) is 6.61 Å². The van der Waals surface area contributed by atoms with E-state index in [1.165, 1.54) is 11.1 Å². The highest BCUT2D eigenvalue weighted by Crippen LogP contribution is 2.29. The van der Waals surface area contributed by atoms with Gasteiger partial charge in [-0.1, -0.05) is 66.7 Å². The van der Waals surface area contributed by atoms with Gasteiger partial charge in [-0.05, 0) is 35.4 Å². The van der Waals surface area contributed by atoms with Crippen LogP contribution in [0.5, 0.6) is 0 Å². The number of benzene rings is 3. The topological polar surface area (TPSA) is 24.1 Å². The highest BCUT2D eigenvalue weighted by molar-refractivity contribution is 6.50. The Labute approximate surface area is 184 Å². The summed E-state index contributed by atoms with van der Waals surface area (Å²) in [4.78, 5) is 0. The maximum atomic E-state index is 9.75. The number of hydrogen-bond donors (Lipinski definition) is 1. The number of hydrogen-bond acceptors (Lipinski definition) is 1. The van der Waals surface area contributed by atoms with E-state index in [9.17, 15) is 22.4 Å². The minimum absolute atomic E-state index is 0.0923. The first-order chi connectivity index (χ1) is 15.4. The van der Waals surface area contributed by atoms with E-state index in [2.05, 4.69) is 89.5 Å². The van der Waals surface area contributed by atoms with Gasteiger partial charge < -0.3 is 22.4 Å². The molecule has 1 aromatic heterocycles. The van der Waals surface area contributed by atoms with Gasteiger partial charge in [0, 0.05) is 23.3 Å². The monoisotopic (exact) mass is 439 g/mol. The SMILES string of the molecule is F[B-](F)(F)F.OCC[n+]1c(-c2ccccc2)cc(-c2ccccc2)cc1-c1ccccc1. The van der Waals surface area contributed by atoms with Crippen LogP contribution in [-0.4, -0.2) is 19.0 Å². The average Bonchev–Trinajstić information content (AvgIpc) is 2.80. The Balaban J connectivity index is 0.000000523. The quantitative estimate of drug-likeness (QED) is 0.221. The van der Waals surface area contributed by atoms with E-state index in [0.29, 0.717) is 6.54 Å². The van der Waals surface area contributed by atoms with Crippen LogP contribution in [0.3, 0.4) is 0 Å². The number of aromatic nitrogens is 1. The second kappa shape index (κ2) is 10.7. The van der Waals surface area contributed by atoms with Gasteiger partial charge in [0.05, 0.1) is 0 Å². The van der Waals surface area contributed by atoms with Gasteiger partial charge in [-0.2, -0.15) is 4.57 Å². The molecule has 0 aliphatic heterocycles. The van der Waals surface area contributed by atoms with Crippen molar-refractivity contribution in [1.29, 1.82) is 0 Å². The fourth-order valence-corrected chi connectivity index (χ4v) is 3.46. The molecule has 164 valence electrons. The van der Waals surface area contributed by atoms with Crippen LogP contribution in [0.1, 0.15) is 0 Å². The molecule has 0 amide bonds. The molecule has 3 aromatic carbocycles. The summed E-state index contributed by atoms with van der Waals surface area (Å²) in [5.41, 5.74) is 6.84. The number of rotatable bonds is 5. The Morgan fingerprint density at radius 1 is 0.562 bits per heavy atom. The molecule has 0 spiro atoms. The molecule has 0 fully saturated rings. The molecule has 0 saturated carbocycles. The molecule has 4 rings (SSSR count). The third-order valence-corrected chi connectivity index (χ3v) is 4.74.